The average Bonchev–Trinajstić information content (AvgIpc) is 2.54. The maximum absolute atomic E-state index is 12.4. The first-order valence-corrected chi connectivity index (χ1v) is 8.12. The van der Waals surface area contributed by atoms with Crippen LogP contribution in [0.4, 0.5) is 11.4 Å². The molecule has 1 aromatic heterocycles. The van der Waals surface area contributed by atoms with E-state index in [1.54, 1.807) is 49.5 Å². The Morgan fingerprint density at radius 3 is 2.44 bits per heavy atom. The number of hydrogen-bond donors (Lipinski definition) is 2. The molecule has 132 valence electrons. The molecule has 25 heavy (non-hydrogen) atoms. The van der Waals surface area contributed by atoms with E-state index < -0.39 is 5.97 Å². The van der Waals surface area contributed by atoms with E-state index in [0.29, 0.717) is 11.3 Å². The summed E-state index contributed by atoms with van der Waals surface area (Å²) in [5.41, 5.74) is 1.70. The minimum atomic E-state index is -0.476. The quantitative estimate of drug-likeness (QED) is 0.810. The number of nitrogens with one attached hydrogen (secondary N) is 2. The summed E-state index contributed by atoms with van der Waals surface area (Å²) in [6.07, 6.45) is 1.61. The van der Waals surface area contributed by atoms with E-state index in [9.17, 15) is 9.59 Å². The van der Waals surface area contributed by atoms with Gasteiger partial charge in [-0.1, -0.05) is 12.1 Å². The van der Waals surface area contributed by atoms with Gasteiger partial charge in [-0.2, -0.15) is 0 Å². The van der Waals surface area contributed by atoms with Crippen molar-refractivity contribution < 1.29 is 14.3 Å². The van der Waals surface area contributed by atoms with Crippen LogP contribution in [0.3, 0.4) is 0 Å². The molecule has 0 spiro atoms. The van der Waals surface area contributed by atoms with Crippen LogP contribution < -0.4 is 10.6 Å². The second-order valence-corrected chi connectivity index (χ2v) is 6.53. The molecule has 2 rings (SSSR count). The number of amides is 1. The Morgan fingerprint density at radius 2 is 1.84 bits per heavy atom. The summed E-state index contributed by atoms with van der Waals surface area (Å²) in [5.74, 6) is -0.866. The lowest BCUT2D eigenvalue weighted by molar-refractivity contribution is 0.0527. The molecule has 0 aliphatic rings. The van der Waals surface area contributed by atoms with Crippen molar-refractivity contribution in [2.24, 2.45) is 0 Å². The molecule has 0 fully saturated rings. The fourth-order valence-electron chi connectivity index (χ4n) is 2.20. The fourth-order valence-corrected chi connectivity index (χ4v) is 2.20. The van der Waals surface area contributed by atoms with Gasteiger partial charge in [0.2, 0.25) is 0 Å². The summed E-state index contributed by atoms with van der Waals surface area (Å²) in [4.78, 5) is 28.5. The van der Waals surface area contributed by atoms with Crippen molar-refractivity contribution in [2.45, 2.75) is 33.2 Å². The van der Waals surface area contributed by atoms with E-state index in [4.69, 9.17) is 4.74 Å². The zero-order valence-electron chi connectivity index (χ0n) is 14.9. The maximum Gasteiger partial charge on any atom is 0.340 e. The number of aromatic nitrogens is 1. The lowest BCUT2D eigenvalue weighted by Crippen LogP contribution is -2.26. The van der Waals surface area contributed by atoms with Gasteiger partial charge in [0, 0.05) is 5.54 Å². The molecule has 6 heteroatoms. The summed E-state index contributed by atoms with van der Waals surface area (Å²) >= 11 is 0. The highest BCUT2D eigenvalue weighted by Gasteiger charge is 2.16. The van der Waals surface area contributed by atoms with E-state index in [1.807, 2.05) is 20.8 Å². The van der Waals surface area contributed by atoms with Crippen LogP contribution in [0.1, 0.15) is 48.5 Å². The number of benzene rings is 1. The summed E-state index contributed by atoms with van der Waals surface area (Å²) in [6.45, 7) is 8.13. The van der Waals surface area contributed by atoms with Crippen molar-refractivity contribution in [3.63, 3.8) is 0 Å². The molecule has 2 aromatic rings. The van der Waals surface area contributed by atoms with E-state index >= 15 is 0 Å². The molecule has 1 amide bonds. The molecule has 6 nitrogen and oxygen atoms in total. The van der Waals surface area contributed by atoms with E-state index in [2.05, 4.69) is 15.6 Å². The molecule has 0 unspecified atom stereocenters. The van der Waals surface area contributed by atoms with Crippen molar-refractivity contribution >= 4 is 23.3 Å². The SMILES string of the molecule is CCOC(=O)c1ccccc1NC(=O)c1ccc(NC(C)(C)C)cn1. The number of carbonyl (C=O) groups is 2. The second-order valence-electron chi connectivity index (χ2n) is 6.53. The molecular formula is C19H23N3O3. The summed E-state index contributed by atoms with van der Waals surface area (Å²) < 4.78 is 5.00. The maximum atomic E-state index is 12.4. The van der Waals surface area contributed by atoms with Crippen molar-refractivity contribution in [2.75, 3.05) is 17.2 Å². The first-order valence-electron chi connectivity index (χ1n) is 8.12. The molecule has 0 atom stereocenters. The number of hydrogen-bond acceptors (Lipinski definition) is 5. The molecule has 1 heterocycles. The highest BCUT2D eigenvalue weighted by Crippen LogP contribution is 2.18. The third-order valence-corrected chi connectivity index (χ3v) is 3.19. The lowest BCUT2D eigenvalue weighted by Gasteiger charge is -2.21. The third kappa shape index (κ3) is 5.31. The molecule has 0 bridgehead atoms. The molecule has 2 N–H and O–H groups in total. The van der Waals surface area contributed by atoms with Gasteiger partial charge in [0.05, 0.1) is 29.7 Å². The largest absolute Gasteiger partial charge is 0.462 e. The summed E-state index contributed by atoms with van der Waals surface area (Å²) in [7, 11) is 0. The summed E-state index contributed by atoms with van der Waals surface area (Å²) in [6, 6.07) is 10.1. The smallest absolute Gasteiger partial charge is 0.340 e. The van der Waals surface area contributed by atoms with E-state index in [0.717, 1.165) is 5.69 Å². The molecule has 0 radical (unpaired) electrons. The van der Waals surface area contributed by atoms with E-state index in [-0.39, 0.29) is 23.7 Å². The van der Waals surface area contributed by atoms with Crippen molar-refractivity contribution in [3.8, 4) is 0 Å². The van der Waals surface area contributed by atoms with Gasteiger partial charge in [-0.3, -0.25) is 4.79 Å². The number of ether oxygens (including phenoxy) is 1. The Labute approximate surface area is 147 Å². The number of carbonyl (C=O) groups excluding carboxylic acids is 2. The van der Waals surface area contributed by atoms with Gasteiger partial charge in [0.25, 0.3) is 5.91 Å². The molecule has 0 saturated heterocycles. The van der Waals surface area contributed by atoms with Crippen molar-refractivity contribution in [1.82, 2.24) is 4.98 Å². The highest BCUT2D eigenvalue weighted by molar-refractivity contribution is 6.07. The van der Waals surface area contributed by atoms with Gasteiger partial charge >= 0.3 is 5.97 Å². The molecule has 1 aromatic carbocycles. The van der Waals surface area contributed by atoms with Gasteiger partial charge < -0.3 is 15.4 Å². The van der Waals surface area contributed by atoms with Crippen molar-refractivity contribution in [1.29, 1.82) is 0 Å². The number of rotatable bonds is 5. The second kappa shape index (κ2) is 7.79. The molecule has 0 aliphatic carbocycles. The Hall–Kier alpha value is -2.89. The number of esters is 1. The minimum Gasteiger partial charge on any atom is -0.462 e. The zero-order chi connectivity index (χ0) is 18.4. The van der Waals surface area contributed by atoms with Crippen LogP contribution in [0, 0.1) is 0 Å². The van der Waals surface area contributed by atoms with Gasteiger partial charge in [-0.15, -0.1) is 0 Å². The number of pyridine rings is 1. The summed E-state index contributed by atoms with van der Waals surface area (Å²) in [5, 5.41) is 5.99. The first kappa shape index (κ1) is 18.4. The van der Waals surface area contributed by atoms with Gasteiger partial charge in [-0.05, 0) is 52.0 Å². The Kier molecular flexibility index (Phi) is 5.75. The van der Waals surface area contributed by atoms with Gasteiger partial charge in [0.1, 0.15) is 5.69 Å². The molecule has 0 saturated carbocycles. The van der Waals surface area contributed by atoms with Gasteiger partial charge in [-0.25, -0.2) is 9.78 Å². The lowest BCUT2D eigenvalue weighted by atomic mass is 10.1. The van der Waals surface area contributed by atoms with Crippen LogP contribution in [0.25, 0.3) is 0 Å². The predicted octanol–water partition coefficient (Wildman–Crippen LogP) is 3.72. The Bertz CT molecular complexity index is 749. The predicted molar refractivity (Wildman–Crippen MR) is 98.0 cm³/mol. The third-order valence-electron chi connectivity index (χ3n) is 3.19. The normalized spacial score (nSPS) is 10.9. The topological polar surface area (TPSA) is 80.3 Å². The highest BCUT2D eigenvalue weighted by atomic mass is 16.5. The Balaban J connectivity index is 2.14. The van der Waals surface area contributed by atoms with Crippen LogP contribution in [0.15, 0.2) is 42.6 Å². The van der Waals surface area contributed by atoms with Gasteiger partial charge in [0.15, 0.2) is 0 Å². The number of nitrogens with zero attached hydrogens (tertiary/aromatic N) is 1. The Morgan fingerprint density at radius 1 is 1.12 bits per heavy atom. The van der Waals surface area contributed by atoms with Crippen LogP contribution in [-0.2, 0) is 4.74 Å². The monoisotopic (exact) mass is 341 g/mol. The first-order chi connectivity index (χ1) is 11.8. The van der Waals surface area contributed by atoms with Crippen LogP contribution in [0.2, 0.25) is 0 Å². The minimum absolute atomic E-state index is 0.0932. The van der Waals surface area contributed by atoms with Crippen molar-refractivity contribution in [3.05, 3.63) is 53.9 Å². The molecule has 0 aliphatic heterocycles. The zero-order valence-corrected chi connectivity index (χ0v) is 14.9. The standard InChI is InChI=1S/C19H23N3O3/c1-5-25-18(24)14-8-6-7-9-15(14)21-17(23)16-11-10-13(12-20-16)22-19(2,3)4/h6-12,22H,5H2,1-4H3,(H,21,23). The number of anilines is 2. The van der Waals surface area contributed by atoms with E-state index in [1.165, 1.54) is 0 Å². The van der Waals surface area contributed by atoms with Crippen LogP contribution in [-0.4, -0.2) is 29.0 Å². The average molecular weight is 341 g/mol. The van der Waals surface area contributed by atoms with Crippen LogP contribution >= 0.6 is 0 Å². The number of para-hydroxylation sites is 1. The molecular weight excluding hydrogens is 318 g/mol. The fraction of sp³-hybridized carbons (Fsp3) is 0.316. The van der Waals surface area contributed by atoms with Crippen LogP contribution in [0.5, 0.6) is 0 Å².